The zero-order valence-corrected chi connectivity index (χ0v) is 11.9. The molecule has 0 radical (unpaired) electrons. The van der Waals surface area contributed by atoms with Crippen molar-refractivity contribution < 1.29 is 9.90 Å². The van der Waals surface area contributed by atoms with Crippen LogP contribution in [0.5, 0.6) is 0 Å². The highest BCUT2D eigenvalue weighted by atomic mass is 32.2. The van der Waals surface area contributed by atoms with Crippen molar-refractivity contribution in [2.75, 3.05) is 18.9 Å². The van der Waals surface area contributed by atoms with Crippen LogP contribution in [0.25, 0.3) is 0 Å². The first-order valence-corrected chi connectivity index (χ1v) is 7.87. The number of thioether (sulfide) groups is 1. The Morgan fingerprint density at radius 3 is 2.56 bits per heavy atom. The monoisotopic (exact) mass is 272 g/mol. The van der Waals surface area contributed by atoms with Gasteiger partial charge in [0.05, 0.1) is 12.1 Å². The Bertz CT molecular complexity index is 297. The van der Waals surface area contributed by atoms with Gasteiger partial charge >= 0.3 is 6.03 Å². The standard InChI is InChI=1S/C13H24N2O2S/c1-12(5-4-8-18-12)9-14-11(17)15-13(10-16)6-2-3-7-13/h16H,2-10H2,1H3,(H2,14,15,17). The predicted molar refractivity (Wildman–Crippen MR) is 74.9 cm³/mol. The fourth-order valence-electron chi connectivity index (χ4n) is 2.90. The van der Waals surface area contributed by atoms with Crippen LogP contribution in [0.1, 0.15) is 45.4 Å². The molecule has 4 nitrogen and oxygen atoms in total. The van der Waals surface area contributed by atoms with E-state index in [1.807, 2.05) is 11.8 Å². The molecule has 104 valence electrons. The van der Waals surface area contributed by atoms with Crippen molar-refractivity contribution in [1.29, 1.82) is 0 Å². The second kappa shape index (κ2) is 5.70. The van der Waals surface area contributed by atoms with Crippen molar-refractivity contribution >= 4 is 17.8 Å². The van der Waals surface area contributed by atoms with Crippen molar-refractivity contribution in [3.05, 3.63) is 0 Å². The fraction of sp³-hybridized carbons (Fsp3) is 0.923. The molecule has 0 spiro atoms. The molecule has 3 N–H and O–H groups in total. The summed E-state index contributed by atoms with van der Waals surface area (Å²) in [6, 6.07) is -0.125. The first kappa shape index (κ1) is 14.0. The third-order valence-electron chi connectivity index (χ3n) is 4.17. The Morgan fingerprint density at radius 2 is 2.00 bits per heavy atom. The molecule has 18 heavy (non-hydrogen) atoms. The van der Waals surface area contributed by atoms with E-state index in [1.54, 1.807) is 0 Å². The number of rotatable bonds is 4. The molecule has 1 aliphatic heterocycles. The topological polar surface area (TPSA) is 61.4 Å². The molecular formula is C13H24N2O2S. The summed E-state index contributed by atoms with van der Waals surface area (Å²) >= 11 is 1.94. The number of aliphatic hydroxyl groups excluding tert-OH is 1. The van der Waals surface area contributed by atoms with Crippen molar-refractivity contribution in [1.82, 2.24) is 10.6 Å². The van der Waals surface area contributed by atoms with Crippen LogP contribution in [0, 0.1) is 0 Å². The van der Waals surface area contributed by atoms with Gasteiger partial charge in [-0.1, -0.05) is 12.8 Å². The molecule has 2 fully saturated rings. The van der Waals surface area contributed by atoms with Crippen LogP contribution >= 0.6 is 11.8 Å². The van der Waals surface area contributed by atoms with Gasteiger partial charge in [0.1, 0.15) is 0 Å². The van der Waals surface area contributed by atoms with E-state index in [0.717, 1.165) is 25.7 Å². The van der Waals surface area contributed by atoms with Gasteiger partial charge in [0, 0.05) is 11.3 Å². The lowest BCUT2D eigenvalue weighted by Crippen LogP contribution is -2.54. The summed E-state index contributed by atoms with van der Waals surface area (Å²) < 4.78 is 0.194. The number of carbonyl (C=O) groups excluding carboxylic acids is 1. The molecule has 1 saturated carbocycles. The number of amides is 2. The molecule has 1 aliphatic carbocycles. The van der Waals surface area contributed by atoms with Crippen LogP contribution < -0.4 is 10.6 Å². The highest BCUT2D eigenvalue weighted by molar-refractivity contribution is 8.00. The highest BCUT2D eigenvalue weighted by Crippen LogP contribution is 2.37. The zero-order valence-electron chi connectivity index (χ0n) is 11.1. The highest BCUT2D eigenvalue weighted by Gasteiger charge is 2.35. The van der Waals surface area contributed by atoms with Crippen LogP contribution in [0.2, 0.25) is 0 Å². The molecule has 2 rings (SSSR count). The first-order chi connectivity index (χ1) is 8.58. The predicted octanol–water partition coefficient (Wildman–Crippen LogP) is 1.88. The smallest absolute Gasteiger partial charge is 0.315 e. The fourth-order valence-corrected chi connectivity index (χ4v) is 4.15. The Hall–Kier alpha value is -0.420. The van der Waals surface area contributed by atoms with E-state index in [2.05, 4.69) is 17.6 Å². The summed E-state index contributed by atoms with van der Waals surface area (Å²) in [6.45, 7) is 2.97. The Labute approximate surface area is 113 Å². The van der Waals surface area contributed by atoms with E-state index in [-0.39, 0.29) is 22.9 Å². The van der Waals surface area contributed by atoms with E-state index in [1.165, 1.54) is 18.6 Å². The Morgan fingerprint density at radius 1 is 1.28 bits per heavy atom. The van der Waals surface area contributed by atoms with E-state index >= 15 is 0 Å². The number of hydrogen-bond acceptors (Lipinski definition) is 3. The van der Waals surface area contributed by atoms with Gasteiger partial charge in [0.25, 0.3) is 0 Å². The number of carbonyl (C=O) groups is 1. The van der Waals surface area contributed by atoms with Gasteiger partial charge in [0.15, 0.2) is 0 Å². The van der Waals surface area contributed by atoms with Gasteiger partial charge < -0.3 is 15.7 Å². The summed E-state index contributed by atoms with van der Waals surface area (Å²) in [6.07, 6.45) is 6.38. The molecule has 0 aromatic heterocycles. The molecule has 5 heteroatoms. The number of urea groups is 1. The lowest BCUT2D eigenvalue weighted by Gasteiger charge is -2.29. The maximum absolute atomic E-state index is 11.9. The summed E-state index contributed by atoms with van der Waals surface area (Å²) in [5, 5.41) is 15.4. The Kier molecular flexibility index (Phi) is 4.43. The van der Waals surface area contributed by atoms with Crippen molar-refractivity contribution in [3.8, 4) is 0 Å². The molecule has 0 aromatic rings. The van der Waals surface area contributed by atoms with Crippen LogP contribution in [0.15, 0.2) is 0 Å². The summed E-state index contributed by atoms with van der Waals surface area (Å²) in [5.74, 6) is 1.19. The molecule has 0 aromatic carbocycles. The van der Waals surface area contributed by atoms with Gasteiger partial charge in [-0.25, -0.2) is 4.79 Å². The summed E-state index contributed by atoms with van der Waals surface area (Å²) in [4.78, 5) is 11.9. The van der Waals surface area contributed by atoms with Gasteiger partial charge in [-0.05, 0) is 38.4 Å². The first-order valence-electron chi connectivity index (χ1n) is 6.88. The van der Waals surface area contributed by atoms with Crippen molar-refractivity contribution in [2.24, 2.45) is 0 Å². The molecule has 0 bridgehead atoms. The van der Waals surface area contributed by atoms with E-state index < -0.39 is 0 Å². The molecule has 1 unspecified atom stereocenters. The minimum atomic E-state index is -0.367. The molecule has 2 amide bonds. The minimum absolute atomic E-state index is 0.0481. The van der Waals surface area contributed by atoms with Crippen LogP contribution in [0.3, 0.4) is 0 Å². The zero-order chi connectivity index (χ0) is 13.1. The van der Waals surface area contributed by atoms with E-state index in [4.69, 9.17) is 0 Å². The van der Waals surface area contributed by atoms with Crippen LogP contribution in [0.4, 0.5) is 4.79 Å². The Balaban J connectivity index is 1.77. The third kappa shape index (κ3) is 3.32. The lowest BCUT2D eigenvalue weighted by atomic mass is 9.99. The number of aliphatic hydroxyl groups is 1. The van der Waals surface area contributed by atoms with Gasteiger partial charge in [-0.3, -0.25) is 0 Å². The van der Waals surface area contributed by atoms with Gasteiger partial charge in [0.2, 0.25) is 0 Å². The quantitative estimate of drug-likeness (QED) is 0.732. The molecule has 2 aliphatic rings. The van der Waals surface area contributed by atoms with Crippen LogP contribution in [-0.4, -0.2) is 40.3 Å². The second-order valence-electron chi connectivity index (χ2n) is 5.86. The number of hydrogen-bond donors (Lipinski definition) is 3. The molecule has 1 heterocycles. The second-order valence-corrected chi connectivity index (χ2v) is 7.54. The maximum Gasteiger partial charge on any atom is 0.315 e. The minimum Gasteiger partial charge on any atom is -0.394 e. The molecule has 1 atom stereocenters. The molecular weight excluding hydrogens is 248 g/mol. The van der Waals surface area contributed by atoms with Gasteiger partial charge in [-0.15, -0.1) is 0 Å². The maximum atomic E-state index is 11.9. The summed E-state index contributed by atoms with van der Waals surface area (Å²) in [5.41, 5.74) is -0.367. The van der Waals surface area contributed by atoms with Crippen molar-refractivity contribution in [2.45, 2.75) is 55.7 Å². The lowest BCUT2D eigenvalue weighted by molar-refractivity contribution is 0.162. The number of nitrogens with one attached hydrogen (secondary N) is 2. The van der Waals surface area contributed by atoms with Crippen molar-refractivity contribution in [3.63, 3.8) is 0 Å². The van der Waals surface area contributed by atoms with Crippen LogP contribution in [-0.2, 0) is 0 Å². The van der Waals surface area contributed by atoms with E-state index in [9.17, 15) is 9.90 Å². The summed E-state index contributed by atoms with van der Waals surface area (Å²) in [7, 11) is 0. The SMILES string of the molecule is CC1(CNC(=O)NC2(CO)CCCC2)CCCS1. The molecule has 1 saturated heterocycles. The largest absolute Gasteiger partial charge is 0.394 e. The average molecular weight is 272 g/mol. The average Bonchev–Trinajstić information content (AvgIpc) is 2.98. The van der Waals surface area contributed by atoms with E-state index in [0.29, 0.717) is 6.54 Å². The normalized spacial score (nSPS) is 30.3. The van der Waals surface area contributed by atoms with Gasteiger partial charge in [-0.2, -0.15) is 11.8 Å². The third-order valence-corrected chi connectivity index (χ3v) is 5.70.